The first-order valence-electron chi connectivity index (χ1n) is 11.2. The molecule has 202 valence electrons. The molecule has 12 heteroatoms. The van der Waals surface area contributed by atoms with Crippen molar-refractivity contribution in [3.63, 3.8) is 0 Å². The lowest BCUT2D eigenvalue weighted by molar-refractivity contribution is -0.140. The van der Waals surface area contributed by atoms with Crippen molar-refractivity contribution in [1.29, 1.82) is 0 Å². The highest BCUT2D eigenvalue weighted by atomic mass is 32.2. The highest BCUT2D eigenvalue weighted by Crippen LogP contribution is 2.44. The molecular formula is C26H25F3N2O6S. The maximum absolute atomic E-state index is 14.0. The number of aromatic hydroxyl groups is 1. The molecule has 3 rings (SSSR count). The quantitative estimate of drug-likeness (QED) is 0.256. The van der Waals surface area contributed by atoms with Crippen LogP contribution in [0.4, 0.5) is 13.2 Å². The number of ether oxygens (including phenoxy) is 2. The first kappa shape index (κ1) is 28.6. The zero-order chi connectivity index (χ0) is 28.0. The SMILES string of the molecule is COC(=O)C1=C(C)NC(CSCNC(=O)c2ccccc2O)=C(C(=O)OC)C1c1ccccc1C(F)(F)F. The van der Waals surface area contributed by atoms with Crippen LogP contribution in [0.2, 0.25) is 0 Å². The average Bonchev–Trinajstić information content (AvgIpc) is 2.89. The standard InChI is InChI=1S/C26H25F3N2O6S/c1-14-20(24(34)36-2)21(15-8-4-6-10-17(15)26(27,28)29)22(25(35)37-3)18(31-14)12-38-13-30-23(33)16-9-5-7-11-19(16)32/h4-11,21,31-32H,12-13H2,1-3H3,(H,30,33). The third-order valence-electron chi connectivity index (χ3n) is 5.76. The van der Waals surface area contributed by atoms with Gasteiger partial charge in [0.05, 0.1) is 48.3 Å². The third kappa shape index (κ3) is 6.13. The number of hydrogen-bond donors (Lipinski definition) is 3. The Morgan fingerprint density at radius 3 is 2.24 bits per heavy atom. The number of rotatable bonds is 8. The van der Waals surface area contributed by atoms with Crippen LogP contribution in [0.1, 0.15) is 34.3 Å². The molecule has 1 unspecified atom stereocenters. The number of phenolic OH excluding ortho intramolecular Hbond substituents is 1. The van der Waals surface area contributed by atoms with E-state index in [0.717, 1.165) is 32.0 Å². The fourth-order valence-electron chi connectivity index (χ4n) is 4.09. The fourth-order valence-corrected chi connectivity index (χ4v) is 4.86. The molecule has 1 atom stereocenters. The van der Waals surface area contributed by atoms with Crippen LogP contribution in [0.3, 0.4) is 0 Å². The Kier molecular flexibility index (Phi) is 9.10. The second kappa shape index (κ2) is 12.1. The number of para-hydroxylation sites is 1. The van der Waals surface area contributed by atoms with Crippen molar-refractivity contribution < 1.29 is 42.1 Å². The normalized spacial score (nSPS) is 15.6. The summed E-state index contributed by atoms with van der Waals surface area (Å²) in [6, 6.07) is 10.7. The second-order valence-corrected chi connectivity index (χ2v) is 9.06. The molecule has 0 aromatic heterocycles. The molecular weight excluding hydrogens is 525 g/mol. The van der Waals surface area contributed by atoms with Gasteiger partial charge in [-0.2, -0.15) is 13.2 Å². The minimum atomic E-state index is -4.76. The Bertz CT molecular complexity index is 1310. The number of esters is 2. The molecule has 1 amide bonds. The van der Waals surface area contributed by atoms with Gasteiger partial charge in [0.1, 0.15) is 5.75 Å². The Hall–Kier alpha value is -3.93. The second-order valence-electron chi connectivity index (χ2n) is 8.07. The number of halogens is 3. The molecule has 0 bridgehead atoms. The van der Waals surface area contributed by atoms with Crippen molar-refractivity contribution in [3.8, 4) is 5.75 Å². The van der Waals surface area contributed by atoms with Crippen LogP contribution in [0, 0.1) is 0 Å². The summed E-state index contributed by atoms with van der Waals surface area (Å²) in [6.45, 7) is 1.49. The van der Waals surface area contributed by atoms with E-state index in [1.807, 2.05) is 0 Å². The molecule has 8 nitrogen and oxygen atoms in total. The molecule has 3 N–H and O–H groups in total. The summed E-state index contributed by atoms with van der Waals surface area (Å²) in [6.07, 6.45) is -4.76. The van der Waals surface area contributed by atoms with Gasteiger partial charge in [-0.1, -0.05) is 30.3 Å². The van der Waals surface area contributed by atoms with Gasteiger partial charge in [0.25, 0.3) is 5.91 Å². The van der Waals surface area contributed by atoms with E-state index in [2.05, 4.69) is 10.6 Å². The lowest BCUT2D eigenvalue weighted by Gasteiger charge is -2.32. The van der Waals surface area contributed by atoms with Gasteiger partial charge in [-0.15, -0.1) is 11.8 Å². The molecule has 0 fully saturated rings. The lowest BCUT2D eigenvalue weighted by atomic mass is 9.78. The number of nitrogens with one attached hydrogen (secondary N) is 2. The van der Waals surface area contributed by atoms with Crippen LogP contribution in [-0.2, 0) is 25.2 Å². The van der Waals surface area contributed by atoms with Crippen LogP contribution in [0.25, 0.3) is 0 Å². The molecule has 2 aromatic carbocycles. The maximum Gasteiger partial charge on any atom is 0.416 e. The predicted octanol–water partition coefficient (Wildman–Crippen LogP) is 4.09. The van der Waals surface area contributed by atoms with E-state index in [1.165, 1.54) is 37.3 Å². The Balaban J connectivity index is 1.99. The van der Waals surface area contributed by atoms with Crippen LogP contribution < -0.4 is 10.6 Å². The van der Waals surface area contributed by atoms with E-state index >= 15 is 0 Å². The average molecular weight is 551 g/mol. The number of amides is 1. The molecule has 0 radical (unpaired) electrons. The molecule has 1 heterocycles. The first-order valence-corrected chi connectivity index (χ1v) is 12.3. The van der Waals surface area contributed by atoms with Gasteiger partial charge >= 0.3 is 18.1 Å². The highest BCUT2D eigenvalue weighted by molar-refractivity contribution is 7.99. The van der Waals surface area contributed by atoms with Gasteiger partial charge in [-0.05, 0) is 30.7 Å². The van der Waals surface area contributed by atoms with Gasteiger partial charge in [-0.3, -0.25) is 4.79 Å². The maximum atomic E-state index is 14.0. The minimum absolute atomic E-state index is 0.0436. The van der Waals surface area contributed by atoms with Crippen LogP contribution in [0.15, 0.2) is 71.1 Å². The van der Waals surface area contributed by atoms with Crippen molar-refractivity contribution in [2.75, 3.05) is 25.8 Å². The van der Waals surface area contributed by atoms with E-state index < -0.39 is 35.5 Å². The third-order valence-corrected chi connectivity index (χ3v) is 6.60. The number of carbonyl (C=O) groups excluding carboxylic acids is 3. The van der Waals surface area contributed by atoms with Crippen LogP contribution in [0.5, 0.6) is 5.75 Å². The number of dihydropyridines is 1. The van der Waals surface area contributed by atoms with Gasteiger partial charge in [0.2, 0.25) is 0 Å². The minimum Gasteiger partial charge on any atom is -0.507 e. The summed E-state index contributed by atoms with van der Waals surface area (Å²) < 4.78 is 51.7. The van der Waals surface area contributed by atoms with Crippen molar-refractivity contribution in [1.82, 2.24) is 10.6 Å². The summed E-state index contributed by atoms with van der Waals surface area (Å²) in [7, 11) is 2.18. The van der Waals surface area contributed by atoms with Crippen molar-refractivity contribution in [3.05, 3.63) is 87.8 Å². The molecule has 2 aromatic rings. The molecule has 0 aliphatic carbocycles. The van der Waals surface area contributed by atoms with E-state index in [1.54, 1.807) is 12.1 Å². The Labute approximate surface area is 220 Å². The molecule has 1 aliphatic heterocycles. The zero-order valence-corrected chi connectivity index (χ0v) is 21.5. The molecule has 0 spiro atoms. The first-order chi connectivity index (χ1) is 18.0. The number of alkyl halides is 3. The lowest BCUT2D eigenvalue weighted by Crippen LogP contribution is -2.34. The van der Waals surface area contributed by atoms with Crippen molar-refractivity contribution in [2.45, 2.75) is 19.0 Å². The number of allylic oxidation sites excluding steroid dienone is 1. The van der Waals surface area contributed by atoms with Crippen molar-refractivity contribution >= 4 is 29.6 Å². The largest absolute Gasteiger partial charge is 0.507 e. The van der Waals surface area contributed by atoms with Crippen LogP contribution >= 0.6 is 11.8 Å². The highest BCUT2D eigenvalue weighted by Gasteiger charge is 2.43. The monoisotopic (exact) mass is 550 g/mol. The van der Waals surface area contributed by atoms with Crippen molar-refractivity contribution in [2.24, 2.45) is 0 Å². The van der Waals surface area contributed by atoms with E-state index in [-0.39, 0.29) is 51.0 Å². The van der Waals surface area contributed by atoms with E-state index in [9.17, 15) is 32.7 Å². The van der Waals surface area contributed by atoms with E-state index in [4.69, 9.17) is 9.47 Å². The van der Waals surface area contributed by atoms with Gasteiger partial charge < -0.3 is 25.2 Å². The number of methoxy groups -OCH3 is 2. The molecule has 0 saturated carbocycles. The van der Waals surface area contributed by atoms with Crippen LogP contribution in [-0.4, -0.2) is 48.8 Å². The number of thioether (sulfide) groups is 1. The summed E-state index contributed by atoms with van der Waals surface area (Å²) in [5.74, 6) is -3.90. The molecule has 1 aliphatic rings. The van der Waals surface area contributed by atoms with Gasteiger partial charge in [0.15, 0.2) is 0 Å². The predicted molar refractivity (Wildman–Crippen MR) is 134 cm³/mol. The number of benzene rings is 2. The molecule has 0 saturated heterocycles. The van der Waals surface area contributed by atoms with E-state index in [0.29, 0.717) is 0 Å². The number of phenols is 1. The molecule has 38 heavy (non-hydrogen) atoms. The zero-order valence-electron chi connectivity index (χ0n) is 20.6. The summed E-state index contributed by atoms with van der Waals surface area (Å²) in [5.41, 5.74) is -1.17. The number of carbonyl (C=O) groups is 3. The smallest absolute Gasteiger partial charge is 0.416 e. The Morgan fingerprint density at radius 1 is 1.00 bits per heavy atom. The summed E-state index contributed by atoms with van der Waals surface area (Å²) >= 11 is 1.14. The van der Waals surface area contributed by atoms with Gasteiger partial charge in [-0.25, -0.2) is 9.59 Å². The topological polar surface area (TPSA) is 114 Å². The number of hydrogen-bond acceptors (Lipinski definition) is 8. The summed E-state index contributed by atoms with van der Waals surface area (Å²) in [5, 5.41) is 15.4. The summed E-state index contributed by atoms with van der Waals surface area (Å²) in [4.78, 5) is 38.1. The Morgan fingerprint density at radius 2 is 1.61 bits per heavy atom. The fraction of sp³-hybridized carbons (Fsp3) is 0.269. The van der Waals surface area contributed by atoms with Gasteiger partial charge in [0, 0.05) is 17.1 Å².